The lowest BCUT2D eigenvalue weighted by atomic mass is 9.94. The van der Waals surface area contributed by atoms with Gasteiger partial charge >= 0.3 is 6.18 Å². The average molecular weight is 268 g/mol. The molecule has 2 N–H and O–H groups in total. The fourth-order valence-electron chi connectivity index (χ4n) is 1.71. The van der Waals surface area contributed by atoms with Crippen LogP contribution in [0.5, 0.6) is 0 Å². The van der Waals surface area contributed by atoms with E-state index < -0.39 is 17.8 Å². The van der Waals surface area contributed by atoms with Crippen molar-refractivity contribution >= 4 is 12.4 Å². The molecule has 0 amide bonds. The predicted molar refractivity (Wildman–Crippen MR) is 60.1 cm³/mol. The van der Waals surface area contributed by atoms with Gasteiger partial charge in [0, 0.05) is 6.04 Å². The molecule has 1 aliphatic heterocycles. The Morgan fingerprint density at radius 3 is 2.47 bits per heavy atom. The van der Waals surface area contributed by atoms with E-state index in [4.69, 9.17) is 0 Å². The summed E-state index contributed by atoms with van der Waals surface area (Å²) in [6, 6.07) is 4.72. The van der Waals surface area contributed by atoms with Gasteiger partial charge in [-0.2, -0.15) is 13.2 Å². The molecule has 1 heterocycles. The first-order chi connectivity index (χ1) is 7.48. The lowest BCUT2D eigenvalue weighted by molar-refractivity contribution is -0.137. The summed E-state index contributed by atoms with van der Waals surface area (Å²) in [5.41, 5.74) is -0.407. The van der Waals surface area contributed by atoms with Crippen LogP contribution < -0.4 is 5.32 Å². The minimum Gasteiger partial charge on any atom is -0.387 e. The molecule has 17 heavy (non-hydrogen) atoms. The van der Waals surface area contributed by atoms with E-state index in [1.165, 1.54) is 12.1 Å². The van der Waals surface area contributed by atoms with Crippen LogP contribution in [0.25, 0.3) is 0 Å². The van der Waals surface area contributed by atoms with Crippen LogP contribution in [0.4, 0.5) is 13.2 Å². The van der Waals surface area contributed by atoms with Gasteiger partial charge in [-0.05, 0) is 30.7 Å². The third-order valence-electron chi connectivity index (χ3n) is 2.80. The second-order valence-corrected chi connectivity index (χ2v) is 3.92. The molecule has 6 heteroatoms. The highest BCUT2D eigenvalue weighted by atomic mass is 35.5. The number of alkyl halides is 3. The first-order valence-electron chi connectivity index (χ1n) is 5.07. The minimum absolute atomic E-state index is 0. The molecule has 0 aliphatic carbocycles. The lowest BCUT2D eigenvalue weighted by Gasteiger charge is -2.32. The summed E-state index contributed by atoms with van der Waals surface area (Å²) in [6.07, 6.45) is -4.43. The molecule has 2 rings (SSSR count). The van der Waals surface area contributed by atoms with Crippen LogP contribution in [0.15, 0.2) is 24.3 Å². The van der Waals surface area contributed by atoms with Gasteiger partial charge in [0.25, 0.3) is 0 Å². The molecule has 2 nitrogen and oxygen atoms in total. The van der Waals surface area contributed by atoms with Crippen molar-refractivity contribution in [2.75, 3.05) is 6.54 Å². The monoisotopic (exact) mass is 267 g/mol. The van der Waals surface area contributed by atoms with E-state index >= 15 is 0 Å². The first-order valence-corrected chi connectivity index (χ1v) is 5.07. The van der Waals surface area contributed by atoms with Gasteiger partial charge in [0.15, 0.2) is 0 Å². The maximum Gasteiger partial charge on any atom is 0.416 e. The Bertz CT molecular complexity index is 379. The Balaban J connectivity index is 0.00000144. The number of hydrogen-bond donors (Lipinski definition) is 2. The van der Waals surface area contributed by atoms with Crippen LogP contribution >= 0.6 is 12.4 Å². The Labute approximate surface area is 103 Å². The van der Waals surface area contributed by atoms with Gasteiger partial charge in [-0.1, -0.05) is 12.1 Å². The van der Waals surface area contributed by atoms with Gasteiger partial charge in [0.2, 0.25) is 0 Å². The largest absolute Gasteiger partial charge is 0.416 e. The molecule has 2 unspecified atom stereocenters. The molecular formula is C11H13ClF3NO. The molecule has 1 fully saturated rings. The summed E-state index contributed by atoms with van der Waals surface area (Å²) in [7, 11) is 0. The summed E-state index contributed by atoms with van der Waals surface area (Å²) in [4.78, 5) is 0. The summed E-state index contributed by atoms with van der Waals surface area (Å²) >= 11 is 0. The first kappa shape index (κ1) is 14.3. The highest BCUT2D eigenvalue weighted by Crippen LogP contribution is 2.32. The number of aliphatic hydroxyl groups is 1. The van der Waals surface area contributed by atoms with Crippen LogP contribution in [-0.4, -0.2) is 17.7 Å². The molecule has 96 valence electrons. The van der Waals surface area contributed by atoms with E-state index in [1.54, 1.807) is 0 Å². The highest BCUT2D eigenvalue weighted by molar-refractivity contribution is 5.85. The second-order valence-electron chi connectivity index (χ2n) is 3.92. The van der Waals surface area contributed by atoms with Gasteiger partial charge in [0.05, 0.1) is 11.7 Å². The molecule has 0 aromatic heterocycles. The van der Waals surface area contributed by atoms with E-state index in [0.717, 1.165) is 25.1 Å². The molecule has 1 aliphatic rings. The van der Waals surface area contributed by atoms with E-state index in [1.807, 2.05) is 0 Å². The zero-order chi connectivity index (χ0) is 11.8. The van der Waals surface area contributed by atoms with Gasteiger partial charge in [-0.3, -0.25) is 0 Å². The molecule has 1 aromatic rings. The molecule has 0 bridgehead atoms. The Kier molecular flexibility index (Phi) is 4.41. The van der Waals surface area contributed by atoms with Crippen molar-refractivity contribution in [3.05, 3.63) is 35.4 Å². The van der Waals surface area contributed by atoms with Gasteiger partial charge in [-0.25, -0.2) is 0 Å². The molecule has 1 aromatic carbocycles. The van der Waals surface area contributed by atoms with Crippen LogP contribution in [0, 0.1) is 0 Å². The molecular weight excluding hydrogens is 255 g/mol. The molecule has 0 radical (unpaired) electrons. The number of benzene rings is 1. The number of hydrogen-bond acceptors (Lipinski definition) is 2. The number of halogens is 4. The van der Waals surface area contributed by atoms with E-state index in [2.05, 4.69) is 5.32 Å². The average Bonchev–Trinajstić information content (AvgIpc) is 2.14. The highest BCUT2D eigenvalue weighted by Gasteiger charge is 2.32. The molecule has 1 saturated heterocycles. The van der Waals surface area contributed by atoms with Gasteiger partial charge < -0.3 is 10.4 Å². The fraction of sp³-hybridized carbons (Fsp3) is 0.455. The maximum atomic E-state index is 12.4. The molecule has 0 saturated carbocycles. The standard InChI is InChI=1S/C11H12F3NO.ClH/c12-11(13,14)8-3-1-2-7(6-8)10(16)9-4-5-15-9;/h1-3,6,9-10,15-16H,4-5H2;1H. The van der Waals surface area contributed by atoms with Crippen LogP contribution in [0.1, 0.15) is 23.7 Å². The molecule has 0 spiro atoms. The Morgan fingerprint density at radius 2 is 2.00 bits per heavy atom. The van der Waals surface area contributed by atoms with E-state index in [-0.39, 0.29) is 18.4 Å². The fourth-order valence-corrected chi connectivity index (χ4v) is 1.71. The third kappa shape index (κ3) is 3.12. The summed E-state index contributed by atoms with van der Waals surface area (Å²) < 4.78 is 37.3. The van der Waals surface area contributed by atoms with Crippen molar-refractivity contribution in [1.82, 2.24) is 5.32 Å². The van der Waals surface area contributed by atoms with Crippen LogP contribution in [0.2, 0.25) is 0 Å². The third-order valence-corrected chi connectivity index (χ3v) is 2.80. The topological polar surface area (TPSA) is 32.3 Å². The zero-order valence-corrected chi connectivity index (χ0v) is 9.68. The van der Waals surface area contributed by atoms with Crippen LogP contribution in [-0.2, 0) is 6.18 Å². The lowest BCUT2D eigenvalue weighted by Crippen LogP contribution is -2.46. The van der Waals surface area contributed by atoms with Crippen molar-refractivity contribution < 1.29 is 18.3 Å². The number of nitrogens with one attached hydrogen (secondary N) is 1. The Morgan fingerprint density at radius 1 is 1.35 bits per heavy atom. The van der Waals surface area contributed by atoms with Crippen molar-refractivity contribution in [3.63, 3.8) is 0 Å². The van der Waals surface area contributed by atoms with Crippen LogP contribution in [0.3, 0.4) is 0 Å². The summed E-state index contributed by atoms with van der Waals surface area (Å²) in [6.45, 7) is 0.806. The van der Waals surface area contributed by atoms with Crippen molar-refractivity contribution in [2.24, 2.45) is 0 Å². The number of rotatable bonds is 2. The summed E-state index contributed by atoms with van der Waals surface area (Å²) in [5.74, 6) is 0. The van der Waals surface area contributed by atoms with Crippen molar-refractivity contribution in [2.45, 2.75) is 24.7 Å². The Hall–Kier alpha value is -0.780. The quantitative estimate of drug-likeness (QED) is 0.863. The second kappa shape index (κ2) is 5.25. The molecule has 2 atom stereocenters. The smallest absolute Gasteiger partial charge is 0.387 e. The summed E-state index contributed by atoms with van der Waals surface area (Å²) in [5, 5.41) is 12.8. The predicted octanol–water partition coefficient (Wildman–Crippen LogP) is 2.52. The van der Waals surface area contributed by atoms with Gasteiger partial charge in [0.1, 0.15) is 0 Å². The minimum atomic E-state index is -4.36. The maximum absolute atomic E-state index is 12.4. The van der Waals surface area contributed by atoms with E-state index in [0.29, 0.717) is 5.56 Å². The SMILES string of the molecule is Cl.OC(c1cccc(C(F)(F)F)c1)C1CCN1. The van der Waals surface area contributed by atoms with Gasteiger partial charge in [-0.15, -0.1) is 12.4 Å². The van der Waals surface area contributed by atoms with Crippen molar-refractivity contribution in [1.29, 1.82) is 0 Å². The zero-order valence-electron chi connectivity index (χ0n) is 8.87. The van der Waals surface area contributed by atoms with Crippen molar-refractivity contribution in [3.8, 4) is 0 Å². The van der Waals surface area contributed by atoms with E-state index in [9.17, 15) is 18.3 Å². The number of aliphatic hydroxyl groups excluding tert-OH is 1. The normalized spacial score (nSPS) is 21.3.